The molecule has 1 aliphatic carbocycles. The van der Waals surface area contributed by atoms with Gasteiger partial charge in [0.05, 0.1) is 22.3 Å². The number of anilines is 1. The number of rotatable bonds is 0. The molecule has 182 valence electrons. The van der Waals surface area contributed by atoms with Gasteiger partial charge in [-0.25, -0.2) is 9.97 Å². The largest absolute Gasteiger partial charge is 0.419 e. The van der Waals surface area contributed by atoms with E-state index in [1.54, 1.807) is 6.07 Å². The summed E-state index contributed by atoms with van der Waals surface area (Å²) >= 11 is 0. The number of alkyl halides is 3. The van der Waals surface area contributed by atoms with E-state index in [-0.39, 0.29) is 39.9 Å². The molecule has 35 heavy (non-hydrogen) atoms. The van der Waals surface area contributed by atoms with Gasteiger partial charge >= 0.3 is 6.18 Å². The van der Waals surface area contributed by atoms with E-state index in [1.165, 1.54) is 12.3 Å². The van der Waals surface area contributed by atoms with Crippen molar-refractivity contribution in [1.29, 1.82) is 5.26 Å². The number of carbonyl (C=O) groups excluding carboxylic acids is 1. The van der Waals surface area contributed by atoms with E-state index in [2.05, 4.69) is 30.9 Å². The number of nitrogens with one attached hydrogen (secondary N) is 4. The third-order valence-electron chi connectivity index (χ3n) is 6.65. The molecule has 1 fully saturated rings. The zero-order valence-corrected chi connectivity index (χ0v) is 18.8. The molecule has 8 nitrogen and oxygen atoms in total. The Labute approximate surface area is 199 Å². The minimum Gasteiger partial charge on any atom is -0.359 e. The van der Waals surface area contributed by atoms with Crippen LogP contribution in [0, 0.1) is 11.3 Å². The summed E-state index contributed by atoms with van der Waals surface area (Å²) in [5.74, 6) is -0.268. The number of aromatic nitrogens is 3. The summed E-state index contributed by atoms with van der Waals surface area (Å²) in [7, 11) is 0. The lowest BCUT2D eigenvalue weighted by Crippen LogP contribution is -2.30. The molecule has 3 aliphatic rings. The van der Waals surface area contributed by atoms with E-state index in [1.807, 2.05) is 6.07 Å². The molecule has 0 saturated heterocycles. The van der Waals surface area contributed by atoms with Crippen LogP contribution in [0.4, 0.5) is 19.1 Å². The number of benzene rings is 1. The number of fused-ring (bicyclic) bond motifs is 7. The van der Waals surface area contributed by atoms with Crippen LogP contribution in [0.1, 0.15) is 53.6 Å². The van der Waals surface area contributed by atoms with Crippen LogP contribution in [0.2, 0.25) is 0 Å². The maximum atomic E-state index is 13.9. The molecular formula is C24H24F3N7O. The Morgan fingerprint density at radius 2 is 1.89 bits per heavy atom. The normalized spacial score (nSPS) is 21.1. The highest BCUT2D eigenvalue weighted by Gasteiger charge is 2.36. The average molecular weight is 483 g/mol. The zero-order chi connectivity index (χ0) is 24.6. The zero-order valence-electron chi connectivity index (χ0n) is 18.8. The monoisotopic (exact) mass is 483 g/mol. The van der Waals surface area contributed by atoms with Gasteiger partial charge in [-0.05, 0) is 44.7 Å². The number of halogens is 3. The van der Waals surface area contributed by atoms with Crippen molar-refractivity contribution in [3.05, 3.63) is 41.2 Å². The summed E-state index contributed by atoms with van der Waals surface area (Å²) < 4.78 is 41.7. The minimum absolute atomic E-state index is 0.0502. The second-order valence-electron chi connectivity index (χ2n) is 8.95. The molecule has 3 aromatic rings. The van der Waals surface area contributed by atoms with Crippen molar-refractivity contribution in [2.24, 2.45) is 0 Å². The van der Waals surface area contributed by atoms with E-state index in [0.29, 0.717) is 18.0 Å². The Bertz CT molecular complexity index is 1310. The number of hydrogen-bond acceptors (Lipinski definition) is 6. The van der Waals surface area contributed by atoms with Crippen LogP contribution in [0.5, 0.6) is 0 Å². The lowest BCUT2D eigenvalue weighted by Gasteiger charge is -2.17. The fourth-order valence-electron chi connectivity index (χ4n) is 4.90. The van der Waals surface area contributed by atoms with Crippen molar-refractivity contribution in [3.8, 4) is 17.3 Å². The van der Waals surface area contributed by atoms with Gasteiger partial charge in [0, 0.05) is 42.0 Å². The van der Waals surface area contributed by atoms with Gasteiger partial charge in [0.15, 0.2) is 0 Å². The second kappa shape index (κ2) is 9.19. The third kappa shape index (κ3) is 4.53. The Kier molecular flexibility index (Phi) is 6.06. The fraction of sp³-hybridized carbons (Fsp3) is 0.417. The van der Waals surface area contributed by atoms with Crippen molar-refractivity contribution >= 4 is 22.8 Å². The highest BCUT2D eigenvalue weighted by atomic mass is 19.4. The van der Waals surface area contributed by atoms with Crippen LogP contribution < -0.4 is 16.0 Å². The molecule has 0 spiro atoms. The van der Waals surface area contributed by atoms with Gasteiger partial charge in [0.25, 0.3) is 5.91 Å². The van der Waals surface area contributed by atoms with E-state index in [9.17, 15) is 23.2 Å². The lowest BCUT2D eigenvalue weighted by molar-refractivity contribution is -0.137. The predicted octanol–water partition coefficient (Wildman–Crippen LogP) is 3.96. The molecule has 0 unspecified atom stereocenters. The van der Waals surface area contributed by atoms with Crippen LogP contribution in [0.15, 0.2) is 24.5 Å². The van der Waals surface area contributed by atoms with Gasteiger partial charge in [-0.1, -0.05) is 6.07 Å². The first kappa shape index (κ1) is 23.1. The molecule has 4 heterocycles. The van der Waals surface area contributed by atoms with Crippen LogP contribution >= 0.6 is 0 Å². The van der Waals surface area contributed by atoms with Crippen molar-refractivity contribution in [1.82, 2.24) is 25.6 Å². The van der Waals surface area contributed by atoms with Gasteiger partial charge < -0.3 is 20.9 Å². The first-order chi connectivity index (χ1) is 16.8. The smallest absolute Gasteiger partial charge is 0.359 e. The Morgan fingerprint density at radius 3 is 2.69 bits per heavy atom. The minimum atomic E-state index is -4.67. The molecule has 1 amide bonds. The maximum absolute atomic E-state index is 13.9. The molecule has 4 N–H and O–H groups in total. The maximum Gasteiger partial charge on any atom is 0.419 e. The molecular weight excluding hydrogens is 459 g/mol. The van der Waals surface area contributed by atoms with Gasteiger partial charge in [0.1, 0.15) is 11.6 Å². The van der Waals surface area contributed by atoms with Crippen LogP contribution in [0.25, 0.3) is 22.2 Å². The van der Waals surface area contributed by atoms with Crippen molar-refractivity contribution < 1.29 is 18.0 Å². The Hall–Kier alpha value is -3.65. The number of hydrogen-bond donors (Lipinski definition) is 4. The van der Waals surface area contributed by atoms with Crippen LogP contribution in [-0.4, -0.2) is 46.0 Å². The number of H-pyrrole nitrogens is 1. The molecule has 2 aromatic heterocycles. The molecule has 8 bridgehead atoms. The van der Waals surface area contributed by atoms with Crippen molar-refractivity contribution in [2.75, 3.05) is 18.4 Å². The SMILES string of the molecule is N#Cc1c2ccc3c(c[nH]c13)-c1nc(ncc1C(F)(F)F)N[C@H]1CC[C@@H](C1)NCCCCNC2=O. The highest BCUT2D eigenvalue weighted by Crippen LogP contribution is 2.39. The topological polar surface area (TPSA) is 119 Å². The summed E-state index contributed by atoms with van der Waals surface area (Å²) in [6.45, 7) is 1.26. The van der Waals surface area contributed by atoms with E-state index < -0.39 is 17.6 Å². The quantitative estimate of drug-likeness (QED) is 0.384. The summed E-state index contributed by atoms with van der Waals surface area (Å²) in [5, 5.41) is 19.7. The summed E-state index contributed by atoms with van der Waals surface area (Å²) in [6.07, 6.45) is 1.79. The molecule has 6 rings (SSSR count). The predicted molar refractivity (Wildman–Crippen MR) is 124 cm³/mol. The molecule has 2 atom stereocenters. The molecule has 1 aromatic carbocycles. The van der Waals surface area contributed by atoms with Crippen LogP contribution in [0.3, 0.4) is 0 Å². The Balaban J connectivity index is 1.64. The van der Waals surface area contributed by atoms with Crippen molar-refractivity contribution in [3.63, 3.8) is 0 Å². The fourth-order valence-corrected chi connectivity index (χ4v) is 4.90. The molecule has 11 heteroatoms. The highest BCUT2D eigenvalue weighted by molar-refractivity contribution is 6.05. The molecule has 1 saturated carbocycles. The average Bonchev–Trinajstić information content (AvgIpc) is 3.46. The number of amides is 1. The first-order valence-corrected chi connectivity index (χ1v) is 11.6. The standard InChI is InChI=1S/C24H24F3N7O/c25-24(26,27)19-12-32-23-33-14-4-3-13(9-14)29-7-1-2-8-30-22(35)16-6-5-15-18(21(19)34-23)11-31-20(15)17(16)10-28/h5-6,11-14,29,31H,1-4,7-9H2,(H,30,35)(H,32,33,34)/t13-,14-/m0/s1. The van der Waals surface area contributed by atoms with E-state index >= 15 is 0 Å². The van der Waals surface area contributed by atoms with E-state index in [0.717, 1.165) is 44.8 Å². The Morgan fingerprint density at radius 1 is 1.09 bits per heavy atom. The number of carbonyl (C=O) groups is 1. The van der Waals surface area contributed by atoms with Crippen molar-refractivity contribution in [2.45, 2.75) is 50.4 Å². The van der Waals surface area contributed by atoms with Gasteiger partial charge in [-0.15, -0.1) is 0 Å². The summed E-state index contributed by atoms with van der Waals surface area (Å²) in [5.41, 5.74) is -0.539. The number of nitriles is 1. The second-order valence-corrected chi connectivity index (χ2v) is 8.95. The summed E-state index contributed by atoms with van der Waals surface area (Å²) in [6, 6.07) is 5.40. The number of nitrogens with zero attached hydrogens (tertiary/aromatic N) is 3. The molecule has 2 aliphatic heterocycles. The van der Waals surface area contributed by atoms with E-state index in [4.69, 9.17) is 0 Å². The van der Waals surface area contributed by atoms with Gasteiger partial charge in [-0.2, -0.15) is 18.4 Å². The summed E-state index contributed by atoms with van der Waals surface area (Å²) in [4.78, 5) is 23.9. The van der Waals surface area contributed by atoms with Gasteiger partial charge in [-0.3, -0.25) is 4.79 Å². The number of aromatic amines is 1. The molecule has 0 radical (unpaired) electrons. The third-order valence-corrected chi connectivity index (χ3v) is 6.65. The first-order valence-electron chi connectivity index (χ1n) is 11.6. The van der Waals surface area contributed by atoms with Gasteiger partial charge in [0.2, 0.25) is 5.95 Å². The van der Waals surface area contributed by atoms with Crippen LogP contribution in [-0.2, 0) is 6.18 Å². The lowest BCUT2D eigenvalue weighted by atomic mass is 10.00.